The Balaban J connectivity index is 1.98. The molecule has 0 radical (unpaired) electrons. The molecular formula is C18H20N2O3. The number of ether oxygens (including phenoxy) is 1. The van der Waals surface area contributed by atoms with Crippen molar-refractivity contribution in [2.75, 3.05) is 6.61 Å². The Labute approximate surface area is 135 Å². The summed E-state index contributed by atoms with van der Waals surface area (Å²) in [4.78, 5) is 16.8. The van der Waals surface area contributed by atoms with Gasteiger partial charge in [-0.3, -0.25) is 0 Å². The van der Waals surface area contributed by atoms with Gasteiger partial charge in [-0.2, -0.15) is 0 Å². The first-order chi connectivity index (χ1) is 11.1. The van der Waals surface area contributed by atoms with Crippen molar-refractivity contribution in [1.29, 1.82) is 0 Å². The zero-order chi connectivity index (χ0) is 16.7. The molecule has 0 heterocycles. The van der Waals surface area contributed by atoms with Crippen molar-refractivity contribution in [3.8, 4) is 5.75 Å². The van der Waals surface area contributed by atoms with E-state index < -0.39 is 5.97 Å². The second-order valence-electron chi connectivity index (χ2n) is 5.09. The Kier molecular flexibility index (Phi) is 5.74. The highest BCUT2D eigenvalue weighted by molar-refractivity contribution is 5.98. The minimum absolute atomic E-state index is 0.154. The van der Waals surface area contributed by atoms with Gasteiger partial charge in [0.25, 0.3) is 0 Å². The molecule has 0 fully saturated rings. The monoisotopic (exact) mass is 312 g/mol. The predicted molar refractivity (Wildman–Crippen MR) is 89.5 cm³/mol. The molecule has 0 atom stereocenters. The standard InChI is InChI=1S/C18H20N2O3/c1-3-12-22-16-10-8-15(9-11-16)18(21)23-20-17(19)14-6-4-13(2)5-7-14/h4-11H,3,12H2,1-2H3,(H2,19,20). The Morgan fingerprint density at radius 3 is 2.26 bits per heavy atom. The quantitative estimate of drug-likeness (QED) is 0.384. The number of amidine groups is 1. The molecule has 0 unspecified atom stereocenters. The van der Waals surface area contributed by atoms with Crippen LogP contribution in [0, 0.1) is 6.92 Å². The number of hydrogen-bond acceptors (Lipinski definition) is 4. The van der Waals surface area contributed by atoms with Gasteiger partial charge in [0.05, 0.1) is 12.2 Å². The zero-order valence-corrected chi connectivity index (χ0v) is 13.3. The van der Waals surface area contributed by atoms with Crippen LogP contribution in [0.25, 0.3) is 0 Å². The first kappa shape index (κ1) is 16.5. The van der Waals surface area contributed by atoms with E-state index in [9.17, 15) is 4.79 Å². The summed E-state index contributed by atoms with van der Waals surface area (Å²) in [7, 11) is 0. The van der Waals surface area contributed by atoms with Gasteiger partial charge in [0, 0.05) is 5.56 Å². The fourth-order valence-electron chi connectivity index (χ4n) is 1.83. The lowest BCUT2D eigenvalue weighted by atomic mass is 10.1. The van der Waals surface area contributed by atoms with Gasteiger partial charge in [0.1, 0.15) is 5.75 Å². The summed E-state index contributed by atoms with van der Waals surface area (Å²) in [5.41, 5.74) is 8.00. The van der Waals surface area contributed by atoms with Gasteiger partial charge in [-0.1, -0.05) is 41.9 Å². The lowest BCUT2D eigenvalue weighted by Gasteiger charge is -2.05. The number of hydrogen-bond donors (Lipinski definition) is 1. The molecule has 0 bridgehead atoms. The van der Waals surface area contributed by atoms with E-state index in [2.05, 4.69) is 5.16 Å². The Morgan fingerprint density at radius 1 is 1.04 bits per heavy atom. The van der Waals surface area contributed by atoms with Crippen LogP contribution in [0.3, 0.4) is 0 Å². The first-order valence-electron chi connectivity index (χ1n) is 7.45. The third-order valence-corrected chi connectivity index (χ3v) is 3.14. The molecule has 2 rings (SSSR count). The highest BCUT2D eigenvalue weighted by atomic mass is 16.7. The first-order valence-corrected chi connectivity index (χ1v) is 7.45. The molecular weight excluding hydrogens is 292 g/mol. The highest BCUT2D eigenvalue weighted by Crippen LogP contribution is 2.13. The molecule has 120 valence electrons. The molecule has 0 saturated heterocycles. The molecule has 5 heteroatoms. The van der Waals surface area contributed by atoms with Crippen molar-refractivity contribution in [2.45, 2.75) is 20.3 Å². The fourth-order valence-corrected chi connectivity index (χ4v) is 1.83. The van der Waals surface area contributed by atoms with Gasteiger partial charge in [-0.25, -0.2) is 4.79 Å². The summed E-state index contributed by atoms with van der Waals surface area (Å²) >= 11 is 0. The predicted octanol–water partition coefficient (Wildman–Crippen LogP) is 3.26. The number of oxime groups is 1. The molecule has 0 aliphatic carbocycles. The van der Waals surface area contributed by atoms with Gasteiger partial charge >= 0.3 is 5.97 Å². The molecule has 0 saturated carbocycles. The molecule has 2 aromatic carbocycles. The summed E-state index contributed by atoms with van der Waals surface area (Å²) in [6.45, 7) is 4.65. The van der Waals surface area contributed by atoms with E-state index in [1.165, 1.54) is 0 Å². The Bertz CT molecular complexity index is 676. The van der Waals surface area contributed by atoms with Crippen LogP contribution in [0.1, 0.15) is 34.8 Å². The molecule has 0 aliphatic rings. The number of carbonyl (C=O) groups is 1. The molecule has 0 spiro atoms. The van der Waals surface area contributed by atoms with Crippen molar-refractivity contribution in [3.63, 3.8) is 0 Å². The van der Waals surface area contributed by atoms with Gasteiger partial charge in [-0.05, 0) is 37.6 Å². The maximum absolute atomic E-state index is 11.9. The van der Waals surface area contributed by atoms with Crippen molar-refractivity contribution in [2.24, 2.45) is 10.9 Å². The maximum atomic E-state index is 11.9. The number of aryl methyl sites for hydroxylation is 1. The zero-order valence-electron chi connectivity index (χ0n) is 13.3. The van der Waals surface area contributed by atoms with Crippen molar-refractivity contribution >= 4 is 11.8 Å². The highest BCUT2D eigenvalue weighted by Gasteiger charge is 2.08. The largest absolute Gasteiger partial charge is 0.494 e. The molecule has 0 amide bonds. The topological polar surface area (TPSA) is 73.9 Å². The van der Waals surface area contributed by atoms with E-state index in [0.29, 0.717) is 23.5 Å². The van der Waals surface area contributed by atoms with Crippen molar-refractivity contribution < 1.29 is 14.4 Å². The molecule has 23 heavy (non-hydrogen) atoms. The second kappa shape index (κ2) is 7.98. The van der Waals surface area contributed by atoms with Crippen LogP contribution in [0.4, 0.5) is 0 Å². The molecule has 0 aliphatic heterocycles. The SMILES string of the molecule is CCCOc1ccc(C(=O)O/N=C(/N)c2ccc(C)cc2)cc1. The van der Waals surface area contributed by atoms with Crippen LogP contribution in [-0.2, 0) is 4.84 Å². The molecule has 2 N–H and O–H groups in total. The maximum Gasteiger partial charge on any atom is 0.365 e. The average Bonchev–Trinajstić information content (AvgIpc) is 2.58. The number of rotatable bonds is 6. The molecule has 0 aromatic heterocycles. The van der Waals surface area contributed by atoms with Crippen molar-refractivity contribution in [1.82, 2.24) is 0 Å². The summed E-state index contributed by atoms with van der Waals surface area (Å²) in [6, 6.07) is 14.2. The van der Waals surface area contributed by atoms with E-state index in [4.69, 9.17) is 15.3 Å². The number of carbonyl (C=O) groups excluding carboxylic acids is 1. The van der Waals surface area contributed by atoms with E-state index >= 15 is 0 Å². The Morgan fingerprint density at radius 2 is 1.65 bits per heavy atom. The van der Waals surface area contributed by atoms with Crippen LogP contribution < -0.4 is 10.5 Å². The van der Waals surface area contributed by atoms with E-state index in [-0.39, 0.29) is 5.84 Å². The van der Waals surface area contributed by atoms with Crippen LogP contribution in [0.5, 0.6) is 5.75 Å². The van der Waals surface area contributed by atoms with E-state index in [0.717, 1.165) is 12.0 Å². The van der Waals surface area contributed by atoms with Crippen LogP contribution >= 0.6 is 0 Å². The third kappa shape index (κ3) is 4.85. The van der Waals surface area contributed by atoms with Gasteiger partial charge < -0.3 is 15.3 Å². The second-order valence-corrected chi connectivity index (χ2v) is 5.09. The van der Waals surface area contributed by atoms with Crippen LogP contribution in [0.15, 0.2) is 53.7 Å². The van der Waals surface area contributed by atoms with Gasteiger partial charge in [0.15, 0.2) is 5.84 Å². The molecule has 5 nitrogen and oxygen atoms in total. The summed E-state index contributed by atoms with van der Waals surface area (Å²) in [6.07, 6.45) is 0.927. The fraction of sp³-hybridized carbons (Fsp3) is 0.222. The van der Waals surface area contributed by atoms with Crippen LogP contribution in [-0.4, -0.2) is 18.4 Å². The van der Waals surface area contributed by atoms with E-state index in [1.54, 1.807) is 24.3 Å². The van der Waals surface area contributed by atoms with Crippen LogP contribution in [0.2, 0.25) is 0 Å². The average molecular weight is 312 g/mol. The van der Waals surface area contributed by atoms with Gasteiger partial charge in [0.2, 0.25) is 0 Å². The Hall–Kier alpha value is -2.82. The summed E-state index contributed by atoms with van der Waals surface area (Å²) in [5.74, 6) is 0.300. The number of benzene rings is 2. The minimum Gasteiger partial charge on any atom is -0.494 e. The smallest absolute Gasteiger partial charge is 0.365 e. The number of nitrogens with two attached hydrogens (primary N) is 1. The number of nitrogens with zero attached hydrogens (tertiary/aromatic N) is 1. The summed E-state index contributed by atoms with van der Waals surface area (Å²) in [5, 5.41) is 3.69. The van der Waals surface area contributed by atoms with Gasteiger partial charge in [-0.15, -0.1) is 0 Å². The molecule has 2 aromatic rings. The normalized spacial score (nSPS) is 11.1. The van der Waals surface area contributed by atoms with Crippen molar-refractivity contribution in [3.05, 3.63) is 65.2 Å². The van der Waals surface area contributed by atoms with E-state index in [1.807, 2.05) is 38.1 Å². The summed E-state index contributed by atoms with van der Waals surface area (Å²) < 4.78 is 5.46. The minimum atomic E-state index is -0.567. The third-order valence-electron chi connectivity index (χ3n) is 3.14. The lowest BCUT2D eigenvalue weighted by molar-refractivity contribution is 0.0516. The lowest BCUT2D eigenvalue weighted by Crippen LogP contribution is -2.15.